The van der Waals surface area contributed by atoms with Crippen molar-refractivity contribution < 1.29 is 14.7 Å². The molecule has 0 bridgehead atoms. The Labute approximate surface area is 84.2 Å². The molecule has 0 unspecified atom stereocenters. The second kappa shape index (κ2) is 6.56. The molecule has 1 fully saturated rings. The van der Waals surface area contributed by atoms with E-state index in [4.69, 9.17) is 14.7 Å². The van der Waals surface area contributed by atoms with Crippen molar-refractivity contribution in [3.63, 3.8) is 0 Å². The largest absolute Gasteiger partial charge is 0.411 e. The average Bonchev–Trinajstić information content (AvgIpc) is 2.70. The summed E-state index contributed by atoms with van der Waals surface area (Å²) in [5, 5.41) is 11.1. The third-order valence-corrected chi connectivity index (χ3v) is 2.25. The highest BCUT2D eigenvalue weighted by molar-refractivity contribution is 5.57. The molecule has 0 radical (unpaired) electrons. The van der Waals surface area contributed by atoms with Crippen molar-refractivity contribution in [1.29, 1.82) is 0 Å². The van der Waals surface area contributed by atoms with E-state index in [1.807, 2.05) is 6.08 Å². The lowest BCUT2D eigenvalue weighted by Gasteiger charge is -2.21. The van der Waals surface area contributed by atoms with Gasteiger partial charge >= 0.3 is 0 Å². The van der Waals surface area contributed by atoms with Crippen molar-refractivity contribution in [3.05, 3.63) is 12.7 Å². The highest BCUT2D eigenvalue weighted by Gasteiger charge is 2.25. The van der Waals surface area contributed by atoms with Gasteiger partial charge in [0.05, 0.1) is 25.0 Å². The van der Waals surface area contributed by atoms with Gasteiger partial charge in [0.2, 0.25) is 0 Å². The monoisotopic (exact) mass is 199 g/mol. The van der Waals surface area contributed by atoms with Crippen LogP contribution in [0, 0.1) is 0 Å². The molecule has 0 aromatic heterocycles. The van der Waals surface area contributed by atoms with Gasteiger partial charge in [0.25, 0.3) is 0 Å². The molecular weight excluding hydrogens is 182 g/mol. The highest BCUT2D eigenvalue weighted by atomic mass is 16.5. The summed E-state index contributed by atoms with van der Waals surface area (Å²) < 4.78 is 11.0. The van der Waals surface area contributed by atoms with Gasteiger partial charge < -0.3 is 14.7 Å². The minimum absolute atomic E-state index is 0.0352. The lowest BCUT2D eigenvalue weighted by molar-refractivity contribution is -0.0333. The van der Waals surface area contributed by atoms with E-state index in [0.29, 0.717) is 6.61 Å². The molecule has 1 aliphatic rings. The predicted octanol–water partition coefficient (Wildman–Crippen LogP) is 1.59. The smallest absolute Gasteiger partial charge is 0.0875 e. The van der Waals surface area contributed by atoms with Crippen LogP contribution >= 0.6 is 0 Å². The van der Waals surface area contributed by atoms with Crippen LogP contribution in [0.3, 0.4) is 0 Å². The third kappa shape index (κ3) is 3.47. The molecule has 0 amide bonds. The summed E-state index contributed by atoms with van der Waals surface area (Å²) in [6, 6.07) is 0. The molecule has 1 saturated heterocycles. The van der Waals surface area contributed by atoms with Crippen LogP contribution in [0.1, 0.15) is 19.3 Å². The molecule has 4 nitrogen and oxygen atoms in total. The summed E-state index contributed by atoms with van der Waals surface area (Å²) >= 11 is 0. The van der Waals surface area contributed by atoms with Gasteiger partial charge in [-0.05, 0) is 19.3 Å². The Morgan fingerprint density at radius 2 is 2.57 bits per heavy atom. The number of nitrogens with zero attached hydrogens (tertiary/aromatic N) is 1. The zero-order valence-electron chi connectivity index (χ0n) is 8.26. The number of rotatable bonds is 6. The van der Waals surface area contributed by atoms with Gasteiger partial charge in [-0.2, -0.15) is 0 Å². The van der Waals surface area contributed by atoms with Crippen LogP contribution in [-0.4, -0.2) is 36.8 Å². The lowest BCUT2D eigenvalue weighted by atomic mass is 10.1. The van der Waals surface area contributed by atoms with Gasteiger partial charge in [0, 0.05) is 6.61 Å². The number of ether oxygens (including phenoxy) is 2. The van der Waals surface area contributed by atoms with Gasteiger partial charge in [0.1, 0.15) is 0 Å². The number of hydrogen-bond donors (Lipinski definition) is 1. The van der Waals surface area contributed by atoms with Crippen molar-refractivity contribution in [2.24, 2.45) is 5.16 Å². The van der Waals surface area contributed by atoms with Crippen LogP contribution in [0.15, 0.2) is 17.8 Å². The second-order valence-electron chi connectivity index (χ2n) is 3.25. The zero-order valence-corrected chi connectivity index (χ0v) is 8.26. The molecule has 0 aromatic rings. The van der Waals surface area contributed by atoms with Crippen molar-refractivity contribution in [3.8, 4) is 0 Å². The molecule has 14 heavy (non-hydrogen) atoms. The SMILES string of the molecule is C=CC[C@@H](OCC=NO)[C@@H]1CCCO1. The molecule has 4 heteroatoms. The Morgan fingerprint density at radius 1 is 1.71 bits per heavy atom. The van der Waals surface area contributed by atoms with Crippen LogP contribution in [0.2, 0.25) is 0 Å². The molecule has 80 valence electrons. The Hall–Kier alpha value is -0.870. The van der Waals surface area contributed by atoms with Crippen LogP contribution in [0.25, 0.3) is 0 Å². The maximum atomic E-state index is 8.21. The molecule has 1 N–H and O–H groups in total. The summed E-state index contributed by atoms with van der Waals surface area (Å²) in [5.74, 6) is 0. The first-order valence-electron chi connectivity index (χ1n) is 4.88. The van der Waals surface area contributed by atoms with Crippen LogP contribution in [-0.2, 0) is 9.47 Å². The van der Waals surface area contributed by atoms with Crippen molar-refractivity contribution >= 4 is 6.21 Å². The normalized spacial score (nSPS) is 24.1. The minimum atomic E-state index is 0.0352. The van der Waals surface area contributed by atoms with Crippen LogP contribution in [0.5, 0.6) is 0 Å². The summed E-state index contributed by atoms with van der Waals surface area (Å²) in [6.45, 7) is 4.81. The molecule has 1 aliphatic heterocycles. The van der Waals surface area contributed by atoms with E-state index in [9.17, 15) is 0 Å². The summed E-state index contributed by atoms with van der Waals surface area (Å²) in [7, 11) is 0. The quantitative estimate of drug-likeness (QED) is 0.306. The molecule has 0 spiro atoms. The van der Waals surface area contributed by atoms with Crippen LogP contribution < -0.4 is 0 Å². The Balaban J connectivity index is 2.32. The van der Waals surface area contributed by atoms with E-state index in [-0.39, 0.29) is 12.2 Å². The summed E-state index contributed by atoms with van der Waals surface area (Å²) in [6.07, 6.45) is 6.25. The maximum Gasteiger partial charge on any atom is 0.0875 e. The van der Waals surface area contributed by atoms with Gasteiger partial charge in [-0.3, -0.25) is 0 Å². The first-order chi connectivity index (χ1) is 6.88. The Morgan fingerprint density at radius 3 is 3.14 bits per heavy atom. The molecule has 0 aromatic carbocycles. The topological polar surface area (TPSA) is 51.0 Å². The molecule has 2 atom stereocenters. The molecule has 1 heterocycles. The minimum Gasteiger partial charge on any atom is -0.411 e. The fourth-order valence-corrected chi connectivity index (χ4v) is 1.59. The average molecular weight is 199 g/mol. The van der Waals surface area contributed by atoms with E-state index in [1.165, 1.54) is 6.21 Å². The van der Waals surface area contributed by atoms with E-state index in [0.717, 1.165) is 25.9 Å². The second-order valence-corrected chi connectivity index (χ2v) is 3.25. The maximum absolute atomic E-state index is 8.21. The molecule has 0 saturated carbocycles. The first-order valence-corrected chi connectivity index (χ1v) is 4.88. The number of hydrogen-bond acceptors (Lipinski definition) is 4. The summed E-state index contributed by atoms with van der Waals surface area (Å²) in [4.78, 5) is 0. The molecule has 1 rings (SSSR count). The first kappa shape index (κ1) is 11.2. The third-order valence-electron chi connectivity index (χ3n) is 2.25. The van der Waals surface area contributed by atoms with Gasteiger partial charge in [0.15, 0.2) is 0 Å². The van der Waals surface area contributed by atoms with E-state index < -0.39 is 0 Å². The molecular formula is C10H17NO3. The van der Waals surface area contributed by atoms with Crippen molar-refractivity contribution in [1.82, 2.24) is 0 Å². The van der Waals surface area contributed by atoms with E-state index >= 15 is 0 Å². The van der Waals surface area contributed by atoms with E-state index in [2.05, 4.69) is 11.7 Å². The van der Waals surface area contributed by atoms with Crippen LogP contribution in [0.4, 0.5) is 0 Å². The Bertz CT molecular complexity index is 188. The van der Waals surface area contributed by atoms with Gasteiger partial charge in [-0.25, -0.2) is 0 Å². The fraction of sp³-hybridized carbons (Fsp3) is 0.700. The Kier molecular flexibility index (Phi) is 5.25. The van der Waals surface area contributed by atoms with Gasteiger partial charge in [-0.1, -0.05) is 11.2 Å². The lowest BCUT2D eigenvalue weighted by Crippen LogP contribution is -2.28. The zero-order chi connectivity index (χ0) is 10.2. The summed E-state index contributed by atoms with van der Waals surface area (Å²) in [5.41, 5.74) is 0. The number of oxime groups is 1. The predicted molar refractivity (Wildman–Crippen MR) is 53.8 cm³/mol. The highest BCUT2D eigenvalue weighted by Crippen LogP contribution is 2.20. The standard InChI is InChI=1S/C10H17NO3/c1-2-4-9(14-8-6-11-12)10-5-3-7-13-10/h2,6,9-10,12H,1,3-5,7-8H2/t9-,10+/m1/s1. The van der Waals surface area contributed by atoms with Crippen molar-refractivity contribution in [2.45, 2.75) is 31.5 Å². The van der Waals surface area contributed by atoms with Gasteiger partial charge in [-0.15, -0.1) is 6.58 Å². The fourth-order valence-electron chi connectivity index (χ4n) is 1.59. The molecule has 0 aliphatic carbocycles. The van der Waals surface area contributed by atoms with Crippen molar-refractivity contribution in [2.75, 3.05) is 13.2 Å². The van der Waals surface area contributed by atoms with E-state index in [1.54, 1.807) is 0 Å².